The number of benzene rings is 1. The van der Waals surface area contributed by atoms with Crippen LogP contribution >= 0.6 is 0 Å². The Balaban J connectivity index is 1.51. The molecule has 0 saturated carbocycles. The minimum atomic E-state index is -1.25. The molecular weight excluding hydrogens is 626 g/mol. The lowest BCUT2D eigenvalue weighted by Crippen LogP contribution is -3.10. The summed E-state index contributed by atoms with van der Waals surface area (Å²) in [5.41, 5.74) is 0.128. The van der Waals surface area contributed by atoms with Gasteiger partial charge in [-0.15, -0.1) is 0 Å². The Kier molecular flexibility index (Phi) is 8.72. The molecule has 6 rings (SSSR count). The van der Waals surface area contributed by atoms with Crippen LogP contribution < -0.4 is 24.2 Å². The minimum Gasteiger partial charge on any atom is -0.857 e. The molecule has 0 spiro atoms. The average Bonchev–Trinajstić information content (AvgIpc) is 3.80. The van der Waals surface area contributed by atoms with Crippen molar-refractivity contribution in [2.75, 3.05) is 19.9 Å². The van der Waals surface area contributed by atoms with Gasteiger partial charge in [-0.3, -0.25) is 14.8 Å². The van der Waals surface area contributed by atoms with Crippen LogP contribution in [0.15, 0.2) is 44.8 Å². The van der Waals surface area contributed by atoms with Crippen molar-refractivity contribution in [3.05, 3.63) is 46.5 Å². The molecule has 16 nitrogen and oxygen atoms in total. The zero-order valence-electron chi connectivity index (χ0n) is 26.8. The molecule has 4 aliphatic heterocycles. The van der Waals surface area contributed by atoms with Crippen molar-refractivity contribution in [1.29, 1.82) is 5.41 Å². The fourth-order valence-corrected chi connectivity index (χ4v) is 5.95. The monoisotopic (exact) mass is 661 g/mol. The van der Waals surface area contributed by atoms with Gasteiger partial charge in [0.1, 0.15) is 23.4 Å². The molecule has 2 atom stereocenters. The van der Waals surface area contributed by atoms with Crippen LogP contribution in [-0.4, -0.2) is 87.0 Å². The summed E-state index contributed by atoms with van der Waals surface area (Å²) in [6, 6.07) is 0. The molecule has 0 bridgehead atoms. The quantitative estimate of drug-likeness (QED) is 0.183. The second-order valence-corrected chi connectivity index (χ2v) is 11.8. The zero-order chi connectivity index (χ0) is 34.3. The Bertz CT molecular complexity index is 1860. The largest absolute Gasteiger partial charge is 0.857 e. The number of aromatic nitrogens is 2. The van der Waals surface area contributed by atoms with Gasteiger partial charge in [0.25, 0.3) is 5.84 Å². The number of aliphatic hydroxyl groups is 2. The van der Waals surface area contributed by atoms with Crippen LogP contribution in [0.2, 0.25) is 0 Å². The number of carbonyl (C=O) groups is 2. The molecule has 1 aromatic carbocycles. The van der Waals surface area contributed by atoms with Crippen molar-refractivity contribution in [1.82, 2.24) is 9.55 Å². The number of rotatable bonds is 11. The fourth-order valence-electron chi connectivity index (χ4n) is 5.95. The molecule has 2 aromatic rings. The fraction of sp³-hybridized carbons (Fsp3) is 0.406. The molecule has 4 N–H and O–H groups in total. The number of esters is 1. The van der Waals surface area contributed by atoms with E-state index in [0.717, 1.165) is 0 Å². The highest BCUT2D eigenvalue weighted by atomic mass is 16.6. The second-order valence-electron chi connectivity index (χ2n) is 11.8. The van der Waals surface area contributed by atoms with E-state index >= 15 is 0 Å². The Hall–Kier alpha value is -5.19. The number of aldehydes is 1. The van der Waals surface area contributed by atoms with Crippen molar-refractivity contribution in [2.24, 2.45) is 15.0 Å². The van der Waals surface area contributed by atoms with Gasteiger partial charge in [0.15, 0.2) is 18.7 Å². The summed E-state index contributed by atoms with van der Waals surface area (Å²) in [6.45, 7) is 6.74. The number of hydrogen-bond acceptors (Lipinski definition) is 12. The number of guanidine groups is 1. The third-order valence-corrected chi connectivity index (χ3v) is 8.19. The minimum absolute atomic E-state index is 0.0141. The molecular formula is C32H35N7O9. The topological polar surface area (TPSA) is 218 Å². The molecule has 0 aliphatic carbocycles. The van der Waals surface area contributed by atoms with Gasteiger partial charge in [-0.25, -0.2) is 19.7 Å². The summed E-state index contributed by atoms with van der Waals surface area (Å²) in [7, 11) is 0. The maximum Gasteiger partial charge on any atom is 0.375 e. The van der Waals surface area contributed by atoms with Crippen molar-refractivity contribution in [3.63, 3.8) is 0 Å². The number of aliphatic imine (C=N–C) groups is 3. The van der Waals surface area contributed by atoms with E-state index in [1.807, 2.05) is 6.92 Å². The summed E-state index contributed by atoms with van der Waals surface area (Å²) in [4.78, 5) is 42.9. The lowest BCUT2D eigenvalue weighted by atomic mass is 9.87. The van der Waals surface area contributed by atoms with E-state index in [2.05, 4.69) is 20.0 Å². The SMILES string of the molecule is CCCOc1c2c(c(CO)c3c1C(=CCn1ccnc1[NH+]1CN=C4C([O-])=NC(=N)N=C41)C(C=O)=C(C(=O)OCC)O3)OC(C(C)(C)O)C2. The van der Waals surface area contributed by atoms with Gasteiger partial charge in [-0.2, -0.15) is 9.98 Å². The van der Waals surface area contributed by atoms with Crippen molar-refractivity contribution in [2.45, 2.75) is 65.4 Å². The molecule has 0 amide bonds. The third-order valence-electron chi connectivity index (χ3n) is 8.19. The van der Waals surface area contributed by atoms with Crippen LogP contribution in [0.1, 0.15) is 50.8 Å². The van der Waals surface area contributed by atoms with Gasteiger partial charge in [-0.1, -0.05) is 13.0 Å². The third kappa shape index (κ3) is 5.56. The summed E-state index contributed by atoms with van der Waals surface area (Å²) in [5, 5.41) is 41.7. The Labute approximate surface area is 274 Å². The molecule has 252 valence electrons. The highest BCUT2D eigenvalue weighted by Gasteiger charge is 2.44. The van der Waals surface area contributed by atoms with Gasteiger partial charge < -0.3 is 34.3 Å². The molecule has 2 unspecified atom stereocenters. The van der Waals surface area contributed by atoms with Crippen molar-refractivity contribution >= 4 is 47.2 Å². The normalized spacial score (nSPS) is 20.7. The summed E-state index contributed by atoms with van der Waals surface area (Å²) in [6.07, 6.45) is 5.65. The summed E-state index contributed by atoms with van der Waals surface area (Å²) in [5.74, 6) is -0.993. The molecule has 0 saturated heterocycles. The van der Waals surface area contributed by atoms with Gasteiger partial charge in [0.2, 0.25) is 11.7 Å². The summed E-state index contributed by atoms with van der Waals surface area (Å²) < 4.78 is 25.6. The number of nitrogens with zero attached hydrogens (tertiary/aromatic N) is 5. The Morgan fingerprint density at radius 1 is 1.29 bits per heavy atom. The molecule has 48 heavy (non-hydrogen) atoms. The molecule has 4 aliphatic rings. The number of ether oxygens (including phenoxy) is 4. The molecule has 0 radical (unpaired) electrons. The molecule has 1 aromatic heterocycles. The molecule has 5 heterocycles. The first kappa shape index (κ1) is 32.7. The van der Waals surface area contributed by atoms with Crippen LogP contribution in [0.3, 0.4) is 0 Å². The maximum absolute atomic E-state index is 13.2. The van der Waals surface area contributed by atoms with Gasteiger partial charge >= 0.3 is 11.9 Å². The first-order valence-corrected chi connectivity index (χ1v) is 15.5. The molecule has 0 fully saturated rings. The van der Waals surface area contributed by atoms with E-state index in [4.69, 9.17) is 24.4 Å². The predicted molar refractivity (Wildman–Crippen MR) is 169 cm³/mol. The number of imidazole rings is 1. The number of nitrogens with one attached hydrogen (secondary N) is 2. The number of amidine groups is 1. The lowest BCUT2D eigenvalue weighted by molar-refractivity contribution is -0.730. The van der Waals surface area contributed by atoms with Crippen molar-refractivity contribution < 1.29 is 48.8 Å². The van der Waals surface area contributed by atoms with E-state index < -0.39 is 36.1 Å². The second kappa shape index (κ2) is 12.8. The number of quaternary nitrogens is 1. The van der Waals surface area contributed by atoms with Crippen molar-refractivity contribution in [3.8, 4) is 17.2 Å². The number of allylic oxidation sites excluding steroid dienone is 3. The predicted octanol–water partition coefficient (Wildman–Crippen LogP) is -0.235. The van der Waals surface area contributed by atoms with Crippen LogP contribution in [0.5, 0.6) is 17.2 Å². The lowest BCUT2D eigenvalue weighted by Gasteiger charge is -2.28. The Morgan fingerprint density at radius 2 is 2.08 bits per heavy atom. The van der Waals surface area contributed by atoms with Gasteiger partial charge in [0, 0.05) is 36.2 Å². The van der Waals surface area contributed by atoms with Gasteiger partial charge in [-0.05, 0) is 27.2 Å². The van der Waals surface area contributed by atoms with E-state index in [1.54, 1.807) is 43.8 Å². The number of fused-ring (bicyclic) bond motifs is 3. The van der Waals surface area contributed by atoms with E-state index in [1.165, 1.54) is 0 Å². The standard InChI is InChI=1S/C32H35N7O9/c1-5-11-46-24-17-12-20(32(3,4)44)47-23(17)19(14-41)25-21(24)16(18(13-40)26(48-25)29(43)45-6-2)7-9-38-10-8-34-31(38)39-15-35-22-27(39)36-30(33)37-28(22)42/h7-8,10,13,20,41,44H,5-6,9,11-12,14-15H2,1-4H3,(H2,33,37,42). The van der Waals surface area contributed by atoms with Crippen LogP contribution in [0, 0.1) is 5.41 Å². The van der Waals surface area contributed by atoms with E-state index in [9.17, 15) is 24.9 Å². The number of hydrogen-bond donors (Lipinski definition) is 4. The maximum atomic E-state index is 13.2. The van der Waals surface area contributed by atoms with E-state index in [0.29, 0.717) is 40.4 Å². The first-order chi connectivity index (χ1) is 23.0. The van der Waals surface area contributed by atoms with Gasteiger partial charge in [0.05, 0.1) is 48.3 Å². The van der Waals surface area contributed by atoms with Crippen LogP contribution in [0.4, 0.5) is 5.95 Å². The van der Waals surface area contributed by atoms with E-state index in [-0.39, 0.29) is 78.4 Å². The number of aliphatic hydroxyl groups excluding tert-OH is 1. The first-order valence-electron chi connectivity index (χ1n) is 15.5. The Morgan fingerprint density at radius 3 is 2.77 bits per heavy atom. The highest BCUT2D eigenvalue weighted by molar-refractivity contribution is 6.66. The summed E-state index contributed by atoms with van der Waals surface area (Å²) >= 11 is 0. The van der Waals surface area contributed by atoms with Crippen LogP contribution in [0.25, 0.3) is 5.57 Å². The number of carbonyl (C=O) groups excluding carboxylic acids is 2. The highest BCUT2D eigenvalue weighted by Crippen LogP contribution is 2.54. The molecule has 16 heteroatoms. The zero-order valence-corrected chi connectivity index (χ0v) is 26.8. The van der Waals surface area contributed by atoms with Crippen LogP contribution in [-0.2, 0) is 33.9 Å². The smallest absolute Gasteiger partial charge is 0.375 e. The average molecular weight is 662 g/mol.